The zero-order valence-corrected chi connectivity index (χ0v) is 11.6. The number of hydrogen-bond donors (Lipinski definition) is 1. The van der Waals surface area contributed by atoms with Crippen molar-refractivity contribution < 1.29 is 4.74 Å². The Balaban J connectivity index is 2.18. The predicted octanol–water partition coefficient (Wildman–Crippen LogP) is 2.09. The van der Waals surface area contributed by atoms with E-state index in [0.717, 1.165) is 36.9 Å². The molecule has 5 heteroatoms. The number of ether oxygens (including phenoxy) is 1. The minimum atomic E-state index is 0.0712. The van der Waals surface area contributed by atoms with Gasteiger partial charge >= 0.3 is 0 Å². The third kappa shape index (κ3) is 2.97. The van der Waals surface area contributed by atoms with Crippen LogP contribution >= 0.6 is 11.3 Å². The Kier molecular flexibility index (Phi) is 4.01. The molecule has 17 heavy (non-hydrogen) atoms. The van der Waals surface area contributed by atoms with Gasteiger partial charge in [-0.2, -0.15) is 0 Å². The van der Waals surface area contributed by atoms with Gasteiger partial charge in [-0.05, 0) is 27.2 Å². The zero-order chi connectivity index (χ0) is 12.4. The van der Waals surface area contributed by atoms with Crippen LogP contribution in [-0.2, 0) is 4.74 Å². The Labute approximate surface area is 107 Å². The molecular weight excluding hydrogens is 234 g/mol. The van der Waals surface area contributed by atoms with E-state index in [1.807, 2.05) is 13.8 Å². The summed E-state index contributed by atoms with van der Waals surface area (Å²) in [7, 11) is 0. The number of aryl methyl sites for hydroxylation is 1. The second-order valence-corrected chi connectivity index (χ2v) is 5.72. The monoisotopic (exact) mass is 255 g/mol. The summed E-state index contributed by atoms with van der Waals surface area (Å²) in [4.78, 5) is 8.15. The fourth-order valence-electron chi connectivity index (χ4n) is 2.12. The molecule has 0 aromatic carbocycles. The number of anilines is 1. The molecule has 1 aliphatic rings. The maximum absolute atomic E-state index is 5.94. The summed E-state index contributed by atoms with van der Waals surface area (Å²) in [5, 5.41) is 1.09. The van der Waals surface area contributed by atoms with Crippen LogP contribution in [0.1, 0.15) is 36.9 Å². The molecule has 0 saturated carbocycles. The Morgan fingerprint density at radius 3 is 3.00 bits per heavy atom. The van der Waals surface area contributed by atoms with Crippen molar-refractivity contribution in [2.24, 2.45) is 5.73 Å². The molecule has 1 aliphatic heterocycles. The van der Waals surface area contributed by atoms with E-state index >= 15 is 0 Å². The third-order valence-corrected chi connectivity index (χ3v) is 4.38. The van der Waals surface area contributed by atoms with Gasteiger partial charge in [-0.1, -0.05) is 0 Å². The Bertz CT molecular complexity index is 378. The highest BCUT2D eigenvalue weighted by molar-refractivity contribution is 7.15. The summed E-state index contributed by atoms with van der Waals surface area (Å²) < 4.78 is 5.65. The summed E-state index contributed by atoms with van der Waals surface area (Å²) in [6.45, 7) is 8.96. The lowest BCUT2D eigenvalue weighted by Crippen LogP contribution is -2.29. The lowest BCUT2D eigenvalue weighted by Gasteiger charge is -2.20. The highest BCUT2D eigenvalue weighted by Crippen LogP contribution is 2.30. The summed E-state index contributed by atoms with van der Waals surface area (Å²) >= 11 is 1.72. The van der Waals surface area contributed by atoms with Crippen LogP contribution in [0.5, 0.6) is 0 Å². The van der Waals surface area contributed by atoms with Crippen LogP contribution in [0.4, 0.5) is 5.13 Å². The van der Waals surface area contributed by atoms with Gasteiger partial charge in [0.2, 0.25) is 0 Å². The average molecular weight is 255 g/mol. The van der Waals surface area contributed by atoms with Crippen LogP contribution in [0.25, 0.3) is 0 Å². The van der Waals surface area contributed by atoms with Crippen molar-refractivity contribution in [1.82, 2.24) is 4.98 Å². The third-order valence-electron chi connectivity index (χ3n) is 2.96. The molecule has 2 atom stereocenters. The van der Waals surface area contributed by atoms with Crippen molar-refractivity contribution in [1.29, 1.82) is 0 Å². The molecule has 1 fully saturated rings. The molecule has 2 N–H and O–H groups in total. The Morgan fingerprint density at radius 1 is 1.59 bits per heavy atom. The number of nitrogens with two attached hydrogens (primary N) is 1. The van der Waals surface area contributed by atoms with Crippen LogP contribution in [0.3, 0.4) is 0 Å². The van der Waals surface area contributed by atoms with Gasteiger partial charge in [-0.25, -0.2) is 4.98 Å². The second-order valence-electron chi connectivity index (χ2n) is 4.72. The second kappa shape index (κ2) is 5.33. The van der Waals surface area contributed by atoms with Crippen molar-refractivity contribution in [3.8, 4) is 0 Å². The zero-order valence-electron chi connectivity index (χ0n) is 10.8. The SMILES string of the molecule is Cc1nc(N2CCCOC(C)C2)sc1C(C)N. The minimum absolute atomic E-state index is 0.0712. The van der Waals surface area contributed by atoms with E-state index < -0.39 is 0 Å². The van der Waals surface area contributed by atoms with E-state index in [4.69, 9.17) is 10.5 Å². The maximum atomic E-state index is 5.94. The van der Waals surface area contributed by atoms with Gasteiger partial charge < -0.3 is 15.4 Å². The molecule has 0 aliphatic carbocycles. The lowest BCUT2D eigenvalue weighted by molar-refractivity contribution is 0.0821. The van der Waals surface area contributed by atoms with Crippen LogP contribution in [0.2, 0.25) is 0 Å². The average Bonchev–Trinajstić information content (AvgIpc) is 2.51. The summed E-state index contributed by atoms with van der Waals surface area (Å²) in [5.74, 6) is 0. The van der Waals surface area contributed by atoms with Gasteiger partial charge in [0.1, 0.15) is 0 Å². The molecule has 0 bridgehead atoms. The van der Waals surface area contributed by atoms with E-state index in [9.17, 15) is 0 Å². The van der Waals surface area contributed by atoms with Crippen molar-refractivity contribution >= 4 is 16.5 Å². The number of nitrogens with zero attached hydrogens (tertiary/aromatic N) is 2. The number of hydrogen-bond acceptors (Lipinski definition) is 5. The first-order chi connectivity index (χ1) is 8.08. The quantitative estimate of drug-likeness (QED) is 0.879. The van der Waals surface area contributed by atoms with E-state index in [2.05, 4.69) is 16.8 Å². The van der Waals surface area contributed by atoms with Crippen molar-refractivity contribution in [2.45, 2.75) is 39.3 Å². The largest absolute Gasteiger partial charge is 0.377 e. The topological polar surface area (TPSA) is 51.4 Å². The molecule has 2 unspecified atom stereocenters. The normalized spacial score (nSPS) is 23.5. The standard InChI is InChI=1S/C12H21N3OS/c1-8-7-15(5-4-6-16-8)12-14-10(3)11(17-12)9(2)13/h8-9H,4-7,13H2,1-3H3. The first kappa shape index (κ1) is 12.8. The first-order valence-corrected chi connectivity index (χ1v) is 6.99. The first-order valence-electron chi connectivity index (χ1n) is 6.17. The van der Waals surface area contributed by atoms with Gasteiger partial charge in [0.15, 0.2) is 5.13 Å². The highest BCUT2D eigenvalue weighted by atomic mass is 32.1. The number of rotatable bonds is 2. The molecule has 4 nitrogen and oxygen atoms in total. The van der Waals surface area contributed by atoms with Crippen molar-refractivity contribution in [3.05, 3.63) is 10.6 Å². The van der Waals surface area contributed by atoms with E-state index in [1.54, 1.807) is 11.3 Å². The van der Waals surface area contributed by atoms with Gasteiger partial charge in [-0.15, -0.1) is 11.3 Å². The van der Waals surface area contributed by atoms with Crippen LogP contribution < -0.4 is 10.6 Å². The van der Waals surface area contributed by atoms with Crippen molar-refractivity contribution in [2.75, 3.05) is 24.6 Å². The lowest BCUT2D eigenvalue weighted by atomic mass is 10.2. The van der Waals surface area contributed by atoms with Crippen LogP contribution in [0, 0.1) is 6.92 Å². The Morgan fingerprint density at radius 2 is 2.35 bits per heavy atom. The van der Waals surface area contributed by atoms with E-state index in [-0.39, 0.29) is 12.1 Å². The maximum Gasteiger partial charge on any atom is 0.185 e. The fourth-order valence-corrected chi connectivity index (χ4v) is 3.17. The Hall–Kier alpha value is -0.650. The molecule has 0 radical (unpaired) electrons. The van der Waals surface area contributed by atoms with Gasteiger partial charge in [0.25, 0.3) is 0 Å². The summed E-state index contributed by atoms with van der Waals surface area (Å²) in [6.07, 6.45) is 1.34. The fraction of sp³-hybridized carbons (Fsp3) is 0.750. The van der Waals surface area contributed by atoms with Crippen LogP contribution in [0.15, 0.2) is 0 Å². The van der Waals surface area contributed by atoms with Gasteiger partial charge in [0.05, 0.1) is 11.8 Å². The smallest absolute Gasteiger partial charge is 0.185 e. The van der Waals surface area contributed by atoms with Crippen LogP contribution in [-0.4, -0.2) is 30.8 Å². The molecular formula is C12H21N3OS. The summed E-state index contributed by atoms with van der Waals surface area (Å²) in [5.41, 5.74) is 7.01. The van der Waals surface area contributed by atoms with Gasteiger partial charge in [-0.3, -0.25) is 0 Å². The molecule has 0 amide bonds. The molecule has 1 aromatic rings. The summed E-state index contributed by atoms with van der Waals surface area (Å²) in [6, 6.07) is 0.0712. The van der Waals surface area contributed by atoms with Crippen molar-refractivity contribution in [3.63, 3.8) is 0 Å². The molecule has 1 aromatic heterocycles. The molecule has 2 rings (SSSR count). The highest BCUT2D eigenvalue weighted by Gasteiger charge is 2.20. The van der Waals surface area contributed by atoms with Gasteiger partial charge in [0, 0.05) is 30.6 Å². The number of aromatic nitrogens is 1. The molecule has 0 spiro atoms. The number of thiazole rings is 1. The van der Waals surface area contributed by atoms with E-state index in [1.165, 1.54) is 4.88 Å². The minimum Gasteiger partial charge on any atom is -0.377 e. The molecule has 2 heterocycles. The molecule has 96 valence electrons. The molecule has 1 saturated heterocycles. The van der Waals surface area contributed by atoms with E-state index in [0.29, 0.717) is 0 Å². The predicted molar refractivity (Wildman–Crippen MR) is 71.7 cm³/mol.